The van der Waals surface area contributed by atoms with E-state index in [0.717, 1.165) is 37.7 Å². The maximum atomic E-state index is 15.1. The Labute approximate surface area is 234 Å². The van der Waals surface area contributed by atoms with Crippen LogP contribution in [0.2, 0.25) is 0 Å². The van der Waals surface area contributed by atoms with Crippen molar-refractivity contribution in [2.45, 2.75) is 50.0 Å². The van der Waals surface area contributed by atoms with Crippen molar-refractivity contribution in [3.8, 4) is 17.0 Å². The van der Waals surface area contributed by atoms with Crippen LogP contribution in [0.15, 0.2) is 41.4 Å². The molecule has 0 saturated carbocycles. The van der Waals surface area contributed by atoms with Crippen LogP contribution in [-0.4, -0.2) is 69.7 Å². The second-order valence-electron chi connectivity index (χ2n) is 10.8. The van der Waals surface area contributed by atoms with Crippen LogP contribution in [0, 0.1) is 11.6 Å². The summed E-state index contributed by atoms with van der Waals surface area (Å²) in [5.41, 5.74) is 2.30. The lowest BCUT2D eigenvalue weighted by Crippen LogP contribution is -2.38. The van der Waals surface area contributed by atoms with Gasteiger partial charge in [-0.25, -0.2) is 31.9 Å². The second-order valence-corrected chi connectivity index (χ2v) is 12.6. The number of piperidine rings is 1. The van der Waals surface area contributed by atoms with Gasteiger partial charge in [-0.1, -0.05) is 12.1 Å². The van der Waals surface area contributed by atoms with Crippen LogP contribution in [0.4, 0.5) is 14.5 Å². The Bertz CT molecular complexity index is 1510. The molecule has 0 atom stereocenters. The molecule has 0 unspecified atom stereocenters. The summed E-state index contributed by atoms with van der Waals surface area (Å²) in [6.07, 6.45) is 3.01. The molecule has 0 bridgehead atoms. The number of anilines is 1. The van der Waals surface area contributed by atoms with Gasteiger partial charge < -0.3 is 14.5 Å². The van der Waals surface area contributed by atoms with Crippen LogP contribution in [-0.2, 0) is 16.4 Å². The van der Waals surface area contributed by atoms with E-state index < -0.39 is 21.7 Å². The summed E-state index contributed by atoms with van der Waals surface area (Å²) in [4.78, 5) is 13.1. The molecule has 3 aromatic rings. The Morgan fingerprint density at radius 2 is 1.85 bits per heavy atom. The average Bonchev–Trinajstić information content (AvgIpc) is 2.94. The average molecular weight is 572 g/mol. The molecule has 3 heterocycles. The zero-order valence-electron chi connectivity index (χ0n) is 23.2. The van der Waals surface area contributed by atoms with E-state index in [1.807, 2.05) is 30.9 Å². The summed E-state index contributed by atoms with van der Waals surface area (Å²) >= 11 is 0. The SMILES string of the molecule is CNS(=O)(=O)c1cc(Cc2ncc(F)c(-c3cc(F)c4c(c3)N(C(C)C)CCO4)n2)ccc1C1CCN(C)CC1. The second kappa shape index (κ2) is 11.4. The van der Waals surface area contributed by atoms with Crippen LogP contribution in [0.3, 0.4) is 0 Å². The van der Waals surface area contributed by atoms with Gasteiger partial charge in [0.2, 0.25) is 10.0 Å². The summed E-state index contributed by atoms with van der Waals surface area (Å²) in [5, 5.41) is 0. The van der Waals surface area contributed by atoms with E-state index in [0.29, 0.717) is 30.2 Å². The summed E-state index contributed by atoms with van der Waals surface area (Å²) in [6.45, 7) is 6.78. The third-order valence-corrected chi connectivity index (χ3v) is 9.23. The molecule has 1 aromatic heterocycles. The fourth-order valence-corrected chi connectivity index (χ4v) is 6.61. The zero-order chi connectivity index (χ0) is 28.6. The van der Waals surface area contributed by atoms with Gasteiger partial charge in [0.1, 0.15) is 18.1 Å². The summed E-state index contributed by atoms with van der Waals surface area (Å²) in [7, 11) is -0.247. The summed E-state index contributed by atoms with van der Waals surface area (Å²) in [6, 6.07) is 8.43. The van der Waals surface area contributed by atoms with E-state index in [1.54, 1.807) is 12.1 Å². The van der Waals surface area contributed by atoms with Crippen molar-refractivity contribution >= 4 is 15.7 Å². The molecule has 2 aliphatic heterocycles. The van der Waals surface area contributed by atoms with Crippen LogP contribution in [0.5, 0.6) is 5.75 Å². The van der Waals surface area contributed by atoms with Gasteiger partial charge in [0.15, 0.2) is 17.4 Å². The first-order valence-corrected chi connectivity index (χ1v) is 15.1. The van der Waals surface area contributed by atoms with Crippen LogP contribution in [0.1, 0.15) is 49.6 Å². The van der Waals surface area contributed by atoms with Crippen LogP contribution >= 0.6 is 0 Å². The first kappa shape index (κ1) is 28.4. The zero-order valence-corrected chi connectivity index (χ0v) is 24.1. The van der Waals surface area contributed by atoms with Crippen molar-refractivity contribution in [1.82, 2.24) is 19.6 Å². The lowest BCUT2D eigenvalue weighted by Gasteiger charge is -2.34. The minimum atomic E-state index is -3.71. The summed E-state index contributed by atoms with van der Waals surface area (Å²) in [5.74, 6) is -0.658. The van der Waals surface area contributed by atoms with Gasteiger partial charge in [-0.3, -0.25) is 0 Å². The molecule has 1 saturated heterocycles. The van der Waals surface area contributed by atoms with E-state index in [-0.39, 0.29) is 40.3 Å². The topological polar surface area (TPSA) is 87.7 Å². The highest BCUT2D eigenvalue weighted by atomic mass is 32.2. The number of halogens is 2. The highest BCUT2D eigenvalue weighted by Crippen LogP contribution is 2.39. The van der Waals surface area contributed by atoms with Gasteiger partial charge in [0.25, 0.3) is 0 Å². The first-order valence-electron chi connectivity index (χ1n) is 13.6. The van der Waals surface area contributed by atoms with Crippen molar-refractivity contribution in [2.24, 2.45) is 0 Å². The molecular formula is C29H35F2N5O3S. The third kappa shape index (κ3) is 5.68. The Kier molecular flexibility index (Phi) is 8.08. The predicted molar refractivity (Wildman–Crippen MR) is 150 cm³/mol. The van der Waals surface area contributed by atoms with Crippen LogP contribution in [0.25, 0.3) is 11.3 Å². The normalized spacial score (nSPS) is 16.7. The fraction of sp³-hybridized carbons (Fsp3) is 0.448. The number of nitrogens with one attached hydrogen (secondary N) is 1. The molecule has 1 N–H and O–H groups in total. The molecule has 0 radical (unpaired) electrons. The van der Waals surface area contributed by atoms with Gasteiger partial charge >= 0.3 is 0 Å². The minimum Gasteiger partial charge on any atom is -0.486 e. The number of hydrogen-bond acceptors (Lipinski definition) is 7. The quantitative estimate of drug-likeness (QED) is 0.452. The lowest BCUT2D eigenvalue weighted by atomic mass is 9.89. The number of sulfonamides is 1. The van der Waals surface area contributed by atoms with E-state index in [4.69, 9.17) is 4.74 Å². The van der Waals surface area contributed by atoms with E-state index in [2.05, 4.69) is 26.6 Å². The van der Waals surface area contributed by atoms with Crippen molar-refractivity contribution in [2.75, 3.05) is 45.2 Å². The number of benzene rings is 2. The van der Waals surface area contributed by atoms with Crippen molar-refractivity contribution in [3.05, 3.63) is 65.1 Å². The Balaban J connectivity index is 1.49. The smallest absolute Gasteiger partial charge is 0.240 e. The standard InChI is InChI=1S/C29H35F2N5O3S/c1-18(2)36-11-12-39-29-23(30)15-21(16-25(29)36)28-24(31)17-33-27(34-28)14-19-5-6-22(20-7-9-35(4)10-8-20)26(13-19)40(37,38)32-3/h5-6,13,15-18,20,32H,7-12,14H2,1-4H3. The molecule has 214 valence electrons. The third-order valence-electron chi connectivity index (χ3n) is 7.76. The molecule has 0 aliphatic carbocycles. The maximum absolute atomic E-state index is 15.1. The molecular weight excluding hydrogens is 536 g/mol. The van der Waals surface area contributed by atoms with Crippen molar-refractivity contribution in [1.29, 1.82) is 0 Å². The maximum Gasteiger partial charge on any atom is 0.240 e. The molecule has 2 aromatic carbocycles. The summed E-state index contributed by atoms with van der Waals surface area (Å²) < 4.78 is 64.0. The number of likely N-dealkylation sites (tertiary alicyclic amines) is 1. The Morgan fingerprint density at radius 3 is 2.55 bits per heavy atom. The first-order chi connectivity index (χ1) is 19.1. The number of fused-ring (bicyclic) bond motifs is 1. The molecule has 1 fully saturated rings. The van der Waals surface area contributed by atoms with E-state index in [1.165, 1.54) is 13.1 Å². The van der Waals surface area contributed by atoms with Gasteiger partial charge in [-0.05, 0) is 89.1 Å². The number of nitrogens with zero attached hydrogens (tertiary/aromatic N) is 4. The van der Waals surface area contributed by atoms with Gasteiger partial charge in [0, 0.05) is 18.0 Å². The van der Waals surface area contributed by atoms with Crippen molar-refractivity contribution in [3.63, 3.8) is 0 Å². The molecule has 11 heteroatoms. The highest BCUT2D eigenvalue weighted by molar-refractivity contribution is 7.89. The van der Waals surface area contributed by atoms with Gasteiger partial charge in [0.05, 0.1) is 23.3 Å². The van der Waals surface area contributed by atoms with Gasteiger partial charge in [-0.2, -0.15) is 0 Å². The van der Waals surface area contributed by atoms with Crippen LogP contribution < -0.4 is 14.4 Å². The molecule has 5 rings (SSSR count). The molecule has 0 amide bonds. The molecule has 2 aliphatic rings. The van der Waals surface area contributed by atoms with Gasteiger partial charge in [-0.15, -0.1) is 0 Å². The number of rotatable bonds is 7. The number of ether oxygens (including phenoxy) is 1. The predicted octanol–water partition coefficient (Wildman–Crippen LogP) is 4.34. The molecule has 8 nitrogen and oxygen atoms in total. The monoisotopic (exact) mass is 571 g/mol. The fourth-order valence-electron chi connectivity index (χ4n) is 5.54. The highest BCUT2D eigenvalue weighted by Gasteiger charge is 2.27. The largest absolute Gasteiger partial charge is 0.486 e. The lowest BCUT2D eigenvalue weighted by molar-refractivity contribution is 0.254. The molecule has 40 heavy (non-hydrogen) atoms. The number of aromatic nitrogens is 2. The minimum absolute atomic E-state index is 0.0213. The number of hydrogen-bond donors (Lipinski definition) is 1. The van der Waals surface area contributed by atoms with E-state index in [9.17, 15) is 12.8 Å². The molecule has 0 spiro atoms. The Morgan fingerprint density at radius 1 is 1.10 bits per heavy atom. The Hall–Kier alpha value is -3.15. The van der Waals surface area contributed by atoms with E-state index >= 15 is 4.39 Å². The van der Waals surface area contributed by atoms with Crippen molar-refractivity contribution < 1.29 is 21.9 Å².